The quantitative estimate of drug-likeness (QED) is 0.602. The summed E-state index contributed by atoms with van der Waals surface area (Å²) >= 11 is 0. The molecular formula is C22H25N3O5. The largest absolute Gasteiger partial charge is 0.459 e. The van der Waals surface area contributed by atoms with Crippen molar-refractivity contribution in [1.29, 1.82) is 0 Å². The number of benzene rings is 1. The summed E-state index contributed by atoms with van der Waals surface area (Å²) in [5, 5.41) is 3.65. The Balaban J connectivity index is 1.42. The average Bonchev–Trinajstić information content (AvgIpc) is 3.24. The van der Waals surface area contributed by atoms with Gasteiger partial charge < -0.3 is 9.73 Å². The minimum absolute atomic E-state index is 0.140. The Morgan fingerprint density at radius 3 is 2.63 bits per heavy atom. The number of hydrogen-bond acceptors (Lipinski definition) is 5. The fourth-order valence-electron chi connectivity index (χ4n) is 4.35. The van der Waals surface area contributed by atoms with Crippen molar-refractivity contribution in [3.63, 3.8) is 0 Å². The second-order valence-corrected chi connectivity index (χ2v) is 8.15. The first-order chi connectivity index (χ1) is 14.4. The van der Waals surface area contributed by atoms with Crippen LogP contribution in [0.15, 0.2) is 34.7 Å². The van der Waals surface area contributed by atoms with Crippen LogP contribution in [0.25, 0.3) is 11.0 Å². The van der Waals surface area contributed by atoms with Gasteiger partial charge in [-0.1, -0.05) is 38.0 Å². The molecule has 2 fully saturated rings. The molecule has 0 radical (unpaired) electrons. The summed E-state index contributed by atoms with van der Waals surface area (Å²) in [6.45, 7) is 3.25. The van der Waals surface area contributed by atoms with Crippen LogP contribution in [-0.4, -0.2) is 46.1 Å². The Bertz CT molecular complexity index is 980. The van der Waals surface area contributed by atoms with Gasteiger partial charge in [0.25, 0.3) is 0 Å². The maximum atomic E-state index is 12.8. The van der Waals surface area contributed by atoms with Gasteiger partial charge in [-0.2, -0.15) is 0 Å². The summed E-state index contributed by atoms with van der Waals surface area (Å²) in [7, 11) is 0. The van der Waals surface area contributed by atoms with Gasteiger partial charge in [-0.15, -0.1) is 0 Å². The summed E-state index contributed by atoms with van der Waals surface area (Å²) < 4.78 is 5.74. The number of nitrogens with zero attached hydrogens (tertiary/aromatic N) is 2. The van der Waals surface area contributed by atoms with Crippen LogP contribution < -0.4 is 5.32 Å². The number of amides is 5. The molecule has 8 heteroatoms. The molecular weight excluding hydrogens is 386 g/mol. The Labute approximate surface area is 174 Å². The third kappa shape index (κ3) is 3.58. The molecule has 1 saturated carbocycles. The third-order valence-electron chi connectivity index (χ3n) is 6.03. The molecule has 8 nitrogen and oxygen atoms in total. The predicted octanol–water partition coefficient (Wildman–Crippen LogP) is 2.98. The molecule has 2 aliphatic rings. The van der Waals surface area contributed by atoms with Crippen LogP contribution in [0, 0.1) is 5.92 Å². The van der Waals surface area contributed by atoms with E-state index in [2.05, 4.69) is 5.32 Å². The zero-order chi connectivity index (χ0) is 21.4. The summed E-state index contributed by atoms with van der Waals surface area (Å²) in [6.07, 6.45) is 3.56. The molecule has 0 unspecified atom stereocenters. The van der Waals surface area contributed by atoms with Crippen LogP contribution in [0.4, 0.5) is 4.79 Å². The van der Waals surface area contributed by atoms with Gasteiger partial charge in [0.2, 0.25) is 5.91 Å². The Morgan fingerprint density at radius 1 is 1.17 bits per heavy atom. The van der Waals surface area contributed by atoms with Crippen molar-refractivity contribution in [1.82, 2.24) is 15.1 Å². The molecule has 1 aromatic carbocycles. The smallest absolute Gasteiger partial charge is 0.334 e. The maximum Gasteiger partial charge on any atom is 0.334 e. The molecule has 2 heterocycles. The van der Waals surface area contributed by atoms with Crippen molar-refractivity contribution in [3.05, 3.63) is 36.1 Å². The number of hydrogen-bond donors (Lipinski definition) is 1. The van der Waals surface area contributed by atoms with E-state index >= 15 is 0 Å². The van der Waals surface area contributed by atoms with E-state index in [4.69, 9.17) is 4.42 Å². The molecule has 1 aromatic heterocycles. The van der Waals surface area contributed by atoms with Crippen molar-refractivity contribution < 1.29 is 23.6 Å². The van der Waals surface area contributed by atoms with Crippen LogP contribution in [0.3, 0.4) is 0 Å². The zero-order valence-electron chi connectivity index (χ0n) is 17.1. The highest BCUT2D eigenvalue weighted by Gasteiger charge is 2.49. The van der Waals surface area contributed by atoms with Crippen LogP contribution in [0.2, 0.25) is 0 Å². The standard InChI is InChI=1S/C22H25N3O5/c1-13-7-3-5-9-16(13)25-21(28)20(27)24(22(25)29)12-19(26)23-14(2)18-11-15-8-4-6-10-17(15)30-18/h4,6,8,10-11,13-14,16H,3,5,7,9,12H2,1-2H3,(H,23,26)/t13-,14+,16-/m1/s1. The van der Waals surface area contributed by atoms with E-state index in [0.717, 1.165) is 34.4 Å². The molecule has 3 atom stereocenters. The molecule has 0 spiro atoms. The van der Waals surface area contributed by atoms with Gasteiger partial charge in [0, 0.05) is 11.4 Å². The van der Waals surface area contributed by atoms with E-state index in [1.165, 1.54) is 0 Å². The van der Waals surface area contributed by atoms with Crippen molar-refractivity contribution in [3.8, 4) is 0 Å². The van der Waals surface area contributed by atoms with E-state index in [1.54, 1.807) is 6.92 Å². The SMILES string of the molecule is C[C@H](NC(=O)CN1C(=O)C(=O)N([C@@H]2CCCC[C@H]2C)C1=O)c1cc2ccccc2o1. The lowest BCUT2D eigenvalue weighted by Crippen LogP contribution is -2.47. The maximum absolute atomic E-state index is 12.8. The molecule has 2 aromatic rings. The fraction of sp³-hybridized carbons (Fsp3) is 0.455. The van der Waals surface area contributed by atoms with Crippen molar-refractivity contribution >= 4 is 34.7 Å². The summed E-state index contributed by atoms with van der Waals surface area (Å²) in [4.78, 5) is 52.0. The molecule has 30 heavy (non-hydrogen) atoms. The Morgan fingerprint density at radius 2 is 1.90 bits per heavy atom. The monoisotopic (exact) mass is 411 g/mol. The van der Waals surface area contributed by atoms with Gasteiger partial charge in [0.05, 0.1) is 6.04 Å². The molecule has 1 saturated heterocycles. The lowest BCUT2D eigenvalue weighted by atomic mass is 9.85. The number of rotatable bonds is 5. The third-order valence-corrected chi connectivity index (χ3v) is 6.03. The van der Waals surface area contributed by atoms with Crippen LogP contribution in [0.5, 0.6) is 0 Å². The minimum Gasteiger partial charge on any atom is -0.459 e. The zero-order valence-corrected chi connectivity index (χ0v) is 17.1. The van der Waals surface area contributed by atoms with Gasteiger partial charge in [-0.3, -0.25) is 19.3 Å². The van der Waals surface area contributed by atoms with Crippen molar-refractivity contribution in [2.45, 2.75) is 51.6 Å². The first kappa shape index (κ1) is 20.1. The first-order valence-corrected chi connectivity index (χ1v) is 10.3. The van der Waals surface area contributed by atoms with Gasteiger partial charge >= 0.3 is 17.8 Å². The summed E-state index contributed by atoms with van der Waals surface area (Å²) in [5.74, 6) is -1.60. The minimum atomic E-state index is -0.940. The highest BCUT2D eigenvalue weighted by molar-refractivity contribution is 6.45. The van der Waals surface area contributed by atoms with Gasteiger partial charge in [0.1, 0.15) is 17.9 Å². The van der Waals surface area contributed by atoms with Crippen LogP contribution >= 0.6 is 0 Å². The lowest BCUT2D eigenvalue weighted by Gasteiger charge is -2.34. The Kier molecular flexibility index (Phi) is 5.32. The second-order valence-electron chi connectivity index (χ2n) is 8.15. The number of urea groups is 1. The van der Waals surface area contributed by atoms with Crippen LogP contribution in [-0.2, 0) is 14.4 Å². The van der Waals surface area contributed by atoms with E-state index in [1.807, 2.05) is 37.3 Å². The van der Waals surface area contributed by atoms with Gasteiger partial charge in [0.15, 0.2) is 0 Å². The number of furan rings is 1. The number of carbonyl (C=O) groups is 4. The van der Waals surface area contributed by atoms with E-state index in [9.17, 15) is 19.2 Å². The molecule has 1 aliphatic heterocycles. The van der Waals surface area contributed by atoms with E-state index < -0.39 is 36.3 Å². The average molecular weight is 411 g/mol. The number of imide groups is 2. The van der Waals surface area contributed by atoms with Gasteiger partial charge in [-0.25, -0.2) is 9.69 Å². The molecule has 0 bridgehead atoms. The first-order valence-electron chi connectivity index (χ1n) is 10.3. The fourth-order valence-corrected chi connectivity index (χ4v) is 4.35. The highest BCUT2D eigenvalue weighted by atomic mass is 16.3. The van der Waals surface area contributed by atoms with Crippen LogP contribution in [0.1, 0.15) is 51.3 Å². The van der Waals surface area contributed by atoms with Crippen molar-refractivity contribution in [2.75, 3.05) is 6.54 Å². The van der Waals surface area contributed by atoms with E-state index in [0.29, 0.717) is 17.8 Å². The molecule has 1 aliphatic carbocycles. The summed E-state index contributed by atoms with van der Waals surface area (Å²) in [6, 6.07) is 7.89. The number of fused-ring (bicyclic) bond motifs is 1. The number of nitrogens with one attached hydrogen (secondary N) is 1. The molecule has 5 amide bonds. The normalized spacial score (nSPS) is 23.3. The lowest BCUT2D eigenvalue weighted by molar-refractivity contribution is -0.145. The molecule has 158 valence electrons. The second kappa shape index (κ2) is 7.93. The molecule has 4 rings (SSSR count). The predicted molar refractivity (Wildman–Crippen MR) is 108 cm³/mol. The van der Waals surface area contributed by atoms with Gasteiger partial charge in [-0.05, 0) is 37.8 Å². The Hall–Kier alpha value is -3.16. The number of carbonyl (C=O) groups excluding carboxylic acids is 4. The topological polar surface area (TPSA) is 99.9 Å². The molecule has 1 N–H and O–H groups in total. The number of para-hydroxylation sites is 1. The highest BCUT2D eigenvalue weighted by Crippen LogP contribution is 2.31. The van der Waals surface area contributed by atoms with E-state index in [-0.39, 0.29) is 12.0 Å². The van der Waals surface area contributed by atoms with Crippen molar-refractivity contribution in [2.24, 2.45) is 5.92 Å². The summed E-state index contributed by atoms with van der Waals surface area (Å²) in [5.41, 5.74) is 0.710.